The normalized spacial score (nSPS) is 26.9. The lowest BCUT2D eigenvalue weighted by Crippen LogP contribution is -2.54. The summed E-state index contributed by atoms with van der Waals surface area (Å²) in [7, 11) is 1.90. The van der Waals surface area contributed by atoms with Crippen molar-refractivity contribution in [2.24, 2.45) is 5.92 Å². The molecule has 4 heteroatoms. The molecule has 0 aromatic carbocycles. The van der Waals surface area contributed by atoms with E-state index in [-0.39, 0.29) is 11.9 Å². The Morgan fingerprint density at radius 3 is 2.68 bits per heavy atom. The third-order valence-corrected chi connectivity index (χ3v) is 4.65. The van der Waals surface area contributed by atoms with Gasteiger partial charge in [0.25, 0.3) is 0 Å². The molecule has 2 fully saturated rings. The van der Waals surface area contributed by atoms with Crippen LogP contribution < -0.4 is 0 Å². The number of piperazine rings is 1. The molecule has 4 nitrogen and oxygen atoms in total. The summed E-state index contributed by atoms with van der Waals surface area (Å²) in [5.41, 5.74) is 0. The first-order chi connectivity index (χ1) is 9.18. The topological polar surface area (TPSA) is 32.8 Å². The lowest BCUT2D eigenvalue weighted by atomic mass is 9.94. The summed E-state index contributed by atoms with van der Waals surface area (Å²) >= 11 is 0. The van der Waals surface area contributed by atoms with Crippen LogP contribution >= 0.6 is 0 Å². The van der Waals surface area contributed by atoms with E-state index in [1.54, 1.807) is 0 Å². The molecule has 2 rings (SSSR count). The Hall–Kier alpha value is -0.610. The first-order valence-corrected chi connectivity index (χ1v) is 7.75. The first-order valence-electron chi connectivity index (χ1n) is 7.75. The third-order valence-electron chi connectivity index (χ3n) is 4.65. The van der Waals surface area contributed by atoms with E-state index in [0.717, 1.165) is 38.8 Å². The van der Waals surface area contributed by atoms with Crippen LogP contribution in [0.1, 0.15) is 39.0 Å². The minimum absolute atomic E-state index is 0.0711. The number of likely N-dealkylation sites (N-methyl/N-ethyl adjacent to an activating group) is 1. The molecule has 0 saturated carbocycles. The van der Waals surface area contributed by atoms with Gasteiger partial charge in [0.05, 0.1) is 6.04 Å². The zero-order valence-corrected chi connectivity index (χ0v) is 12.4. The van der Waals surface area contributed by atoms with Crippen LogP contribution in [0, 0.1) is 5.92 Å². The molecule has 0 unspecified atom stereocenters. The average molecular weight is 268 g/mol. The van der Waals surface area contributed by atoms with Gasteiger partial charge >= 0.3 is 0 Å². The maximum absolute atomic E-state index is 11.9. The number of hydrogen-bond donors (Lipinski definition) is 0. The molecule has 19 heavy (non-hydrogen) atoms. The van der Waals surface area contributed by atoms with Crippen LogP contribution in [0.25, 0.3) is 0 Å². The van der Waals surface area contributed by atoms with Gasteiger partial charge in [0, 0.05) is 33.4 Å². The van der Waals surface area contributed by atoms with Crippen molar-refractivity contribution in [1.82, 2.24) is 9.80 Å². The molecular formula is C15H28N2O2. The van der Waals surface area contributed by atoms with Gasteiger partial charge in [0.15, 0.2) is 0 Å². The van der Waals surface area contributed by atoms with Crippen molar-refractivity contribution in [2.45, 2.75) is 45.1 Å². The molecule has 1 amide bonds. The molecule has 110 valence electrons. The quantitative estimate of drug-likeness (QED) is 0.712. The number of ether oxygens (including phenoxy) is 1. The molecule has 2 aliphatic rings. The summed E-state index contributed by atoms with van der Waals surface area (Å²) in [5, 5.41) is 0. The first kappa shape index (κ1) is 14.8. The zero-order valence-electron chi connectivity index (χ0n) is 12.4. The van der Waals surface area contributed by atoms with Crippen molar-refractivity contribution >= 4 is 5.91 Å². The van der Waals surface area contributed by atoms with Gasteiger partial charge in [-0.15, -0.1) is 0 Å². The maximum atomic E-state index is 11.9. The predicted molar refractivity (Wildman–Crippen MR) is 76.1 cm³/mol. The molecule has 0 aromatic rings. The van der Waals surface area contributed by atoms with Crippen LogP contribution in [0.2, 0.25) is 0 Å². The molecule has 2 aliphatic heterocycles. The molecule has 0 N–H and O–H groups in total. The van der Waals surface area contributed by atoms with Gasteiger partial charge in [0.2, 0.25) is 5.91 Å². The highest BCUT2D eigenvalue weighted by atomic mass is 16.5. The molecule has 0 aromatic heterocycles. The van der Waals surface area contributed by atoms with Crippen LogP contribution in [-0.2, 0) is 9.53 Å². The number of rotatable bonds is 5. The van der Waals surface area contributed by atoms with E-state index >= 15 is 0 Å². The van der Waals surface area contributed by atoms with E-state index in [9.17, 15) is 4.79 Å². The lowest BCUT2D eigenvalue weighted by molar-refractivity contribution is -0.139. The predicted octanol–water partition coefficient (Wildman–Crippen LogP) is 1.75. The molecule has 1 atom stereocenters. The zero-order chi connectivity index (χ0) is 13.7. The molecule has 2 heterocycles. The molecule has 0 aliphatic carbocycles. The molecule has 2 saturated heterocycles. The van der Waals surface area contributed by atoms with E-state index in [4.69, 9.17) is 4.74 Å². The fraction of sp³-hybridized carbons (Fsp3) is 0.933. The number of carbonyl (C=O) groups excluding carboxylic acids is 1. The minimum atomic E-state index is 0.0711. The summed E-state index contributed by atoms with van der Waals surface area (Å²) in [6.07, 6.45) is 6.32. The summed E-state index contributed by atoms with van der Waals surface area (Å²) < 4.78 is 5.39. The van der Waals surface area contributed by atoms with E-state index in [2.05, 4.69) is 4.90 Å². The third kappa shape index (κ3) is 4.18. The Kier molecular flexibility index (Phi) is 5.64. The summed E-state index contributed by atoms with van der Waals surface area (Å²) in [6, 6.07) is 0.0711. The number of carbonyl (C=O) groups is 1. The molecular weight excluding hydrogens is 240 g/mol. The van der Waals surface area contributed by atoms with Crippen molar-refractivity contribution in [3.8, 4) is 0 Å². The smallest absolute Gasteiger partial charge is 0.239 e. The SMILES string of the molecule is C[C@H]1C(=O)N(C)CCN1CCCCC1CCOCC1. The molecule has 0 radical (unpaired) electrons. The Balaban J connectivity index is 1.61. The number of amides is 1. The van der Waals surface area contributed by atoms with E-state index < -0.39 is 0 Å². The van der Waals surface area contributed by atoms with E-state index in [0.29, 0.717) is 0 Å². The van der Waals surface area contributed by atoms with Gasteiger partial charge in [-0.1, -0.05) is 12.8 Å². The van der Waals surface area contributed by atoms with Crippen LogP contribution in [0.4, 0.5) is 0 Å². The van der Waals surface area contributed by atoms with Crippen molar-refractivity contribution in [2.75, 3.05) is 39.9 Å². The van der Waals surface area contributed by atoms with Gasteiger partial charge in [-0.3, -0.25) is 9.69 Å². The second kappa shape index (κ2) is 7.25. The van der Waals surface area contributed by atoms with Gasteiger partial charge in [-0.05, 0) is 38.6 Å². The fourth-order valence-corrected chi connectivity index (χ4v) is 3.15. The second-order valence-corrected chi connectivity index (χ2v) is 6.02. The largest absolute Gasteiger partial charge is 0.381 e. The van der Waals surface area contributed by atoms with E-state index in [1.165, 1.54) is 32.1 Å². The standard InChI is InChI=1S/C15H28N2O2/c1-13-15(18)16(2)9-10-17(13)8-4-3-5-14-6-11-19-12-7-14/h13-14H,3-12H2,1-2H3/t13-/m0/s1. The summed E-state index contributed by atoms with van der Waals surface area (Å²) in [5.74, 6) is 1.15. The van der Waals surface area contributed by atoms with Crippen molar-refractivity contribution in [3.63, 3.8) is 0 Å². The second-order valence-electron chi connectivity index (χ2n) is 6.02. The number of unbranched alkanes of at least 4 members (excludes halogenated alkanes) is 1. The Morgan fingerprint density at radius 1 is 1.21 bits per heavy atom. The highest BCUT2D eigenvalue weighted by Gasteiger charge is 2.28. The molecule has 0 bridgehead atoms. The average Bonchev–Trinajstić information content (AvgIpc) is 2.44. The van der Waals surface area contributed by atoms with Crippen molar-refractivity contribution < 1.29 is 9.53 Å². The number of hydrogen-bond acceptors (Lipinski definition) is 3. The van der Waals surface area contributed by atoms with Gasteiger partial charge in [-0.25, -0.2) is 0 Å². The fourth-order valence-electron chi connectivity index (χ4n) is 3.15. The Labute approximate surface area is 117 Å². The summed E-state index contributed by atoms with van der Waals surface area (Å²) in [6.45, 7) is 6.92. The lowest BCUT2D eigenvalue weighted by Gasteiger charge is -2.37. The minimum Gasteiger partial charge on any atom is -0.381 e. The van der Waals surface area contributed by atoms with Crippen LogP contribution in [0.15, 0.2) is 0 Å². The van der Waals surface area contributed by atoms with Gasteiger partial charge in [-0.2, -0.15) is 0 Å². The van der Waals surface area contributed by atoms with Gasteiger partial charge in [0.1, 0.15) is 0 Å². The van der Waals surface area contributed by atoms with Crippen molar-refractivity contribution in [3.05, 3.63) is 0 Å². The Morgan fingerprint density at radius 2 is 1.95 bits per heavy atom. The highest BCUT2D eigenvalue weighted by Crippen LogP contribution is 2.21. The summed E-state index contributed by atoms with van der Waals surface area (Å²) in [4.78, 5) is 16.1. The highest BCUT2D eigenvalue weighted by molar-refractivity contribution is 5.81. The maximum Gasteiger partial charge on any atom is 0.239 e. The Bertz CT molecular complexity index is 290. The van der Waals surface area contributed by atoms with Crippen molar-refractivity contribution in [1.29, 1.82) is 0 Å². The molecule has 0 spiro atoms. The van der Waals surface area contributed by atoms with E-state index in [1.807, 2.05) is 18.9 Å². The van der Waals surface area contributed by atoms with Crippen LogP contribution in [-0.4, -0.2) is 61.6 Å². The number of nitrogens with zero attached hydrogens (tertiary/aromatic N) is 2. The van der Waals surface area contributed by atoms with Crippen LogP contribution in [0.3, 0.4) is 0 Å². The van der Waals surface area contributed by atoms with Crippen LogP contribution in [0.5, 0.6) is 0 Å². The van der Waals surface area contributed by atoms with Gasteiger partial charge < -0.3 is 9.64 Å². The monoisotopic (exact) mass is 268 g/mol.